The molecular formula is C11H20N4O2. The molecule has 1 heterocycles. The standard InChI is InChI=1S/C11H20N4O2/c1-10(16)12-5-7-15-8-6-14-11(15)13-4-3-9-17-2/h6,8H,3-5,7,9H2,1-2H3,(H,12,16)(H,13,14). The van der Waals surface area contributed by atoms with Crippen molar-refractivity contribution in [1.82, 2.24) is 14.9 Å². The summed E-state index contributed by atoms with van der Waals surface area (Å²) >= 11 is 0. The number of imidazole rings is 1. The van der Waals surface area contributed by atoms with Gasteiger partial charge in [-0.3, -0.25) is 4.79 Å². The zero-order chi connectivity index (χ0) is 12.5. The summed E-state index contributed by atoms with van der Waals surface area (Å²) in [6.45, 7) is 4.40. The first kappa shape index (κ1) is 13.5. The maximum absolute atomic E-state index is 10.7. The molecular weight excluding hydrogens is 220 g/mol. The summed E-state index contributed by atoms with van der Waals surface area (Å²) in [5.74, 6) is 0.811. The zero-order valence-corrected chi connectivity index (χ0v) is 10.4. The highest BCUT2D eigenvalue weighted by atomic mass is 16.5. The Kier molecular flexibility index (Phi) is 6.09. The van der Waals surface area contributed by atoms with Crippen molar-refractivity contribution < 1.29 is 9.53 Å². The average molecular weight is 240 g/mol. The van der Waals surface area contributed by atoms with Crippen LogP contribution in [0.25, 0.3) is 0 Å². The predicted molar refractivity (Wildman–Crippen MR) is 65.9 cm³/mol. The number of amides is 1. The van der Waals surface area contributed by atoms with Crippen molar-refractivity contribution in [3.05, 3.63) is 12.4 Å². The van der Waals surface area contributed by atoms with Crippen LogP contribution in [0.15, 0.2) is 12.4 Å². The minimum atomic E-state index is -0.0141. The van der Waals surface area contributed by atoms with Gasteiger partial charge in [0.1, 0.15) is 0 Å². The number of carbonyl (C=O) groups is 1. The van der Waals surface area contributed by atoms with E-state index in [1.807, 2.05) is 10.8 Å². The number of aromatic nitrogens is 2. The Morgan fingerprint density at radius 2 is 2.35 bits per heavy atom. The molecule has 1 rings (SSSR count). The molecule has 2 N–H and O–H groups in total. The van der Waals surface area contributed by atoms with Crippen LogP contribution < -0.4 is 10.6 Å². The molecule has 1 amide bonds. The van der Waals surface area contributed by atoms with Crippen molar-refractivity contribution in [1.29, 1.82) is 0 Å². The number of hydrogen-bond acceptors (Lipinski definition) is 4. The van der Waals surface area contributed by atoms with E-state index in [0.717, 1.165) is 25.5 Å². The van der Waals surface area contributed by atoms with Crippen LogP contribution >= 0.6 is 0 Å². The fourth-order valence-corrected chi connectivity index (χ4v) is 1.43. The molecule has 0 fully saturated rings. The third kappa shape index (κ3) is 5.35. The second kappa shape index (κ2) is 7.67. The molecule has 0 bridgehead atoms. The lowest BCUT2D eigenvalue weighted by atomic mass is 10.4. The van der Waals surface area contributed by atoms with Gasteiger partial charge in [-0.05, 0) is 6.42 Å². The molecule has 1 aromatic rings. The Bertz CT molecular complexity index is 338. The number of nitrogens with one attached hydrogen (secondary N) is 2. The number of anilines is 1. The molecule has 0 saturated carbocycles. The van der Waals surface area contributed by atoms with Gasteiger partial charge in [0, 0.05) is 52.7 Å². The van der Waals surface area contributed by atoms with Crippen molar-refractivity contribution in [3.8, 4) is 0 Å². The lowest BCUT2D eigenvalue weighted by Crippen LogP contribution is -2.24. The summed E-state index contributed by atoms with van der Waals surface area (Å²) in [4.78, 5) is 14.9. The third-order valence-corrected chi connectivity index (χ3v) is 2.25. The molecule has 0 unspecified atom stereocenters. The van der Waals surface area contributed by atoms with E-state index in [2.05, 4.69) is 15.6 Å². The van der Waals surface area contributed by atoms with E-state index >= 15 is 0 Å². The summed E-state index contributed by atoms with van der Waals surface area (Å²) in [6.07, 6.45) is 4.57. The summed E-state index contributed by atoms with van der Waals surface area (Å²) < 4.78 is 6.94. The number of carbonyl (C=O) groups excluding carboxylic acids is 1. The molecule has 0 saturated heterocycles. The molecule has 0 radical (unpaired) electrons. The predicted octanol–water partition coefficient (Wildman–Crippen LogP) is 0.468. The molecule has 0 aliphatic rings. The summed E-state index contributed by atoms with van der Waals surface area (Å²) in [6, 6.07) is 0. The van der Waals surface area contributed by atoms with Crippen LogP contribution in [0.1, 0.15) is 13.3 Å². The molecule has 6 heteroatoms. The molecule has 96 valence electrons. The molecule has 0 spiro atoms. The first-order chi connectivity index (χ1) is 8.24. The highest BCUT2D eigenvalue weighted by Crippen LogP contribution is 2.03. The Morgan fingerprint density at radius 3 is 3.06 bits per heavy atom. The lowest BCUT2D eigenvalue weighted by Gasteiger charge is -2.09. The second-order valence-corrected chi connectivity index (χ2v) is 3.70. The van der Waals surface area contributed by atoms with E-state index in [1.165, 1.54) is 6.92 Å². The molecule has 0 atom stereocenters. The first-order valence-corrected chi connectivity index (χ1v) is 5.72. The molecule has 0 aromatic carbocycles. The normalized spacial score (nSPS) is 10.2. The van der Waals surface area contributed by atoms with Crippen LogP contribution in [0.3, 0.4) is 0 Å². The largest absolute Gasteiger partial charge is 0.385 e. The maximum Gasteiger partial charge on any atom is 0.216 e. The smallest absolute Gasteiger partial charge is 0.216 e. The van der Waals surface area contributed by atoms with E-state index < -0.39 is 0 Å². The van der Waals surface area contributed by atoms with Gasteiger partial charge < -0.3 is 19.9 Å². The number of methoxy groups -OCH3 is 1. The number of nitrogens with zero attached hydrogens (tertiary/aromatic N) is 2. The van der Waals surface area contributed by atoms with Gasteiger partial charge in [0.15, 0.2) is 0 Å². The van der Waals surface area contributed by atoms with Gasteiger partial charge in [0.25, 0.3) is 0 Å². The van der Waals surface area contributed by atoms with E-state index in [4.69, 9.17) is 4.74 Å². The van der Waals surface area contributed by atoms with Crippen molar-refractivity contribution >= 4 is 11.9 Å². The highest BCUT2D eigenvalue weighted by molar-refractivity contribution is 5.72. The van der Waals surface area contributed by atoms with Gasteiger partial charge in [-0.15, -0.1) is 0 Å². The Hall–Kier alpha value is -1.56. The second-order valence-electron chi connectivity index (χ2n) is 3.70. The van der Waals surface area contributed by atoms with Crippen LogP contribution in [0.2, 0.25) is 0 Å². The van der Waals surface area contributed by atoms with Gasteiger partial charge >= 0.3 is 0 Å². The first-order valence-electron chi connectivity index (χ1n) is 5.72. The quantitative estimate of drug-likeness (QED) is 0.648. The maximum atomic E-state index is 10.7. The van der Waals surface area contributed by atoms with Crippen LogP contribution in [-0.4, -0.2) is 42.3 Å². The van der Waals surface area contributed by atoms with Crippen LogP contribution in [0.5, 0.6) is 0 Å². The third-order valence-electron chi connectivity index (χ3n) is 2.25. The fourth-order valence-electron chi connectivity index (χ4n) is 1.43. The van der Waals surface area contributed by atoms with Gasteiger partial charge in [0.05, 0.1) is 0 Å². The summed E-state index contributed by atoms with van der Waals surface area (Å²) in [5.41, 5.74) is 0. The number of hydrogen-bond donors (Lipinski definition) is 2. The number of ether oxygens (including phenoxy) is 1. The molecule has 0 aliphatic carbocycles. The minimum Gasteiger partial charge on any atom is -0.385 e. The zero-order valence-electron chi connectivity index (χ0n) is 10.4. The number of rotatable bonds is 8. The minimum absolute atomic E-state index is 0.0141. The van der Waals surface area contributed by atoms with Crippen molar-refractivity contribution in [3.63, 3.8) is 0 Å². The van der Waals surface area contributed by atoms with Crippen LogP contribution in [0, 0.1) is 0 Å². The molecule has 1 aromatic heterocycles. The SMILES string of the molecule is COCCCNc1nccn1CCNC(C)=O. The van der Waals surface area contributed by atoms with Crippen molar-refractivity contribution in [2.75, 3.05) is 32.1 Å². The highest BCUT2D eigenvalue weighted by Gasteiger charge is 2.01. The average Bonchev–Trinajstić information content (AvgIpc) is 2.72. The van der Waals surface area contributed by atoms with Crippen LogP contribution in [0.4, 0.5) is 5.95 Å². The van der Waals surface area contributed by atoms with Crippen molar-refractivity contribution in [2.24, 2.45) is 0 Å². The van der Waals surface area contributed by atoms with Gasteiger partial charge in [-0.2, -0.15) is 0 Å². The van der Waals surface area contributed by atoms with Crippen molar-refractivity contribution in [2.45, 2.75) is 19.9 Å². The monoisotopic (exact) mass is 240 g/mol. The molecule has 0 aliphatic heterocycles. The van der Waals surface area contributed by atoms with Crippen LogP contribution in [-0.2, 0) is 16.1 Å². The topological polar surface area (TPSA) is 68.2 Å². The van der Waals surface area contributed by atoms with E-state index in [1.54, 1.807) is 13.3 Å². The lowest BCUT2D eigenvalue weighted by molar-refractivity contribution is -0.118. The fraction of sp³-hybridized carbons (Fsp3) is 0.636. The van der Waals surface area contributed by atoms with E-state index in [0.29, 0.717) is 13.1 Å². The molecule has 17 heavy (non-hydrogen) atoms. The Labute approximate surface area is 101 Å². The van der Waals surface area contributed by atoms with E-state index in [9.17, 15) is 4.79 Å². The Morgan fingerprint density at radius 1 is 1.53 bits per heavy atom. The summed E-state index contributed by atoms with van der Waals surface area (Å²) in [7, 11) is 1.69. The Balaban J connectivity index is 2.29. The van der Waals surface area contributed by atoms with Gasteiger partial charge in [-0.1, -0.05) is 0 Å². The van der Waals surface area contributed by atoms with E-state index in [-0.39, 0.29) is 5.91 Å². The molecule has 6 nitrogen and oxygen atoms in total. The van der Waals surface area contributed by atoms with Gasteiger partial charge in [0.2, 0.25) is 11.9 Å². The summed E-state index contributed by atoms with van der Waals surface area (Å²) in [5, 5.41) is 5.98. The van der Waals surface area contributed by atoms with Gasteiger partial charge in [-0.25, -0.2) is 4.98 Å².